The van der Waals surface area contributed by atoms with Crippen LogP contribution in [-0.4, -0.2) is 17.1 Å². The van der Waals surface area contributed by atoms with Crippen LogP contribution >= 0.6 is 0 Å². The number of nitrogens with one attached hydrogen (secondary N) is 1. The SMILES string of the molecule is Cc1oc(C(=O)O)cc1CN[C@@H](C)C1CCCCC1. The summed E-state index contributed by atoms with van der Waals surface area (Å²) in [5.41, 5.74) is 0.944. The zero-order valence-electron chi connectivity index (χ0n) is 11.7. The molecule has 1 aliphatic rings. The van der Waals surface area contributed by atoms with Crippen LogP contribution in [0.15, 0.2) is 10.5 Å². The normalized spacial score (nSPS) is 18.4. The maximum Gasteiger partial charge on any atom is 0.371 e. The van der Waals surface area contributed by atoms with Crippen LogP contribution in [0.5, 0.6) is 0 Å². The van der Waals surface area contributed by atoms with E-state index in [1.54, 1.807) is 6.07 Å². The predicted octanol–water partition coefficient (Wildman–Crippen LogP) is 3.34. The minimum atomic E-state index is -1.00. The number of carboxylic acids is 1. The lowest BCUT2D eigenvalue weighted by Crippen LogP contribution is -2.34. The molecule has 0 radical (unpaired) electrons. The van der Waals surface area contributed by atoms with E-state index in [4.69, 9.17) is 9.52 Å². The van der Waals surface area contributed by atoms with Crippen molar-refractivity contribution in [2.24, 2.45) is 5.92 Å². The highest BCUT2D eigenvalue weighted by atomic mass is 16.4. The fourth-order valence-electron chi connectivity index (χ4n) is 2.87. The lowest BCUT2D eigenvalue weighted by atomic mass is 9.84. The Hall–Kier alpha value is -1.29. The molecular weight excluding hydrogens is 242 g/mol. The van der Waals surface area contributed by atoms with E-state index in [2.05, 4.69) is 12.2 Å². The number of carbonyl (C=O) groups is 1. The van der Waals surface area contributed by atoms with Gasteiger partial charge in [-0.2, -0.15) is 0 Å². The molecule has 0 aliphatic heterocycles. The monoisotopic (exact) mass is 265 g/mol. The fourth-order valence-corrected chi connectivity index (χ4v) is 2.87. The number of hydrogen-bond donors (Lipinski definition) is 2. The summed E-state index contributed by atoms with van der Waals surface area (Å²) in [5.74, 6) is 0.468. The van der Waals surface area contributed by atoms with Crippen molar-refractivity contribution in [3.05, 3.63) is 23.2 Å². The van der Waals surface area contributed by atoms with Crippen molar-refractivity contribution in [1.82, 2.24) is 5.32 Å². The molecule has 2 N–H and O–H groups in total. The van der Waals surface area contributed by atoms with E-state index in [1.807, 2.05) is 6.92 Å². The Morgan fingerprint density at radius 3 is 2.74 bits per heavy atom. The van der Waals surface area contributed by atoms with Gasteiger partial charge in [0.25, 0.3) is 0 Å². The Balaban J connectivity index is 1.89. The Kier molecular flexibility index (Phi) is 4.64. The van der Waals surface area contributed by atoms with Crippen LogP contribution in [0.3, 0.4) is 0 Å². The zero-order chi connectivity index (χ0) is 13.8. The highest BCUT2D eigenvalue weighted by Gasteiger charge is 2.20. The minimum absolute atomic E-state index is 0.0274. The van der Waals surface area contributed by atoms with E-state index in [9.17, 15) is 4.79 Å². The summed E-state index contributed by atoms with van der Waals surface area (Å²) >= 11 is 0. The summed E-state index contributed by atoms with van der Waals surface area (Å²) in [5, 5.41) is 12.4. The van der Waals surface area contributed by atoms with Crippen LogP contribution < -0.4 is 5.32 Å². The number of carboxylic acid groups (broad SMARTS) is 1. The standard InChI is InChI=1S/C15H23NO3/c1-10(12-6-4-3-5-7-12)16-9-13-8-14(15(17)18)19-11(13)2/h8,10,12,16H,3-7,9H2,1-2H3,(H,17,18)/t10-/m0/s1. The van der Waals surface area contributed by atoms with Gasteiger partial charge in [-0.05, 0) is 38.7 Å². The van der Waals surface area contributed by atoms with Gasteiger partial charge in [0.2, 0.25) is 5.76 Å². The summed E-state index contributed by atoms with van der Waals surface area (Å²) in [4.78, 5) is 10.8. The van der Waals surface area contributed by atoms with Gasteiger partial charge in [-0.3, -0.25) is 0 Å². The summed E-state index contributed by atoms with van der Waals surface area (Å²) in [7, 11) is 0. The average molecular weight is 265 g/mol. The molecular formula is C15H23NO3. The summed E-state index contributed by atoms with van der Waals surface area (Å²) in [6.07, 6.45) is 6.65. The number of furan rings is 1. The van der Waals surface area contributed by atoms with E-state index in [1.165, 1.54) is 32.1 Å². The van der Waals surface area contributed by atoms with Gasteiger partial charge >= 0.3 is 5.97 Å². The molecule has 0 amide bonds. The summed E-state index contributed by atoms with van der Waals surface area (Å²) < 4.78 is 5.21. The van der Waals surface area contributed by atoms with Crippen molar-refractivity contribution in [3.63, 3.8) is 0 Å². The molecule has 1 heterocycles. The second-order valence-electron chi connectivity index (χ2n) is 5.56. The van der Waals surface area contributed by atoms with E-state index >= 15 is 0 Å². The van der Waals surface area contributed by atoms with Crippen LogP contribution in [-0.2, 0) is 6.54 Å². The number of aryl methyl sites for hydroxylation is 1. The first-order valence-corrected chi connectivity index (χ1v) is 7.14. The average Bonchev–Trinajstić information content (AvgIpc) is 2.79. The zero-order valence-corrected chi connectivity index (χ0v) is 11.7. The van der Waals surface area contributed by atoms with E-state index in [0.29, 0.717) is 18.3 Å². The molecule has 2 rings (SSSR count). The number of aromatic carboxylic acids is 1. The number of hydrogen-bond acceptors (Lipinski definition) is 3. The highest BCUT2D eigenvalue weighted by molar-refractivity contribution is 5.84. The van der Waals surface area contributed by atoms with Crippen LogP contribution in [0, 0.1) is 12.8 Å². The van der Waals surface area contributed by atoms with Crippen molar-refractivity contribution >= 4 is 5.97 Å². The minimum Gasteiger partial charge on any atom is -0.475 e. The topological polar surface area (TPSA) is 62.5 Å². The van der Waals surface area contributed by atoms with Crippen LogP contribution in [0.1, 0.15) is 60.9 Å². The van der Waals surface area contributed by atoms with Gasteiger partial charge in [-0.1, -0.05) is 19.3 Å². The smallest absolute Gasteiger partial charge is 0.371 e. The lowest BCUT2D eigenvalue weighted by molar-refractivity contribution is 0.0661. The van der Waals surface area contributed by atoms with Gasteiger partial charge < -0.3 is 14.8 Å². The lowest BCUT2D eigenvalue weighted by Gasteiger charge is -2.28. The molecule has 1 aliphatic carbocycles. The molecule has 0 aromatic carbocycles. The molecule has 0 unspecified atom stereocenters. The van der Waals surface area contributed by atoms with Crippen molar-refractivity contribution in [2.75, 3.05) is 0 Å². The number of rotatable bonds is 5. The van der Waals surface area contributed by atoms with Gasteiger partial charge in [-0.15, -0.1) is 0 Å². The Morgan fingerprint density at radius 1 is 1.47 bits per heavy atom. The molecule has 1 aromatic rings. The largest absolute Gasteiger partial charge is 0.475 e. The molecule has 1 fully saturated rings. The first kappa shape index (κ1) is 14.1. The Morgan fingerprint density at radius 2 is 2.16 bits per heavy atom. The van der Waals surface area contributed by atoms with Crippen LogP contribution in [0.4, 0.5) is 0 Å². The Labute approximate surface area is 114 Å². The first-order valence-electron chi connectivity index (χ1n) is 7.14. The van der Waals surface area contributed by atoms with Gasteiger partial charge in [0.05, 0.1) is 0 Å². The van der Waals surface area contributed by atoms with E-state index in [-0.39, 0.29) is 5.76 Å². The first-order chi connectivity index (χ1) is 9.08. The van der Waals surface area contributed by atoms with Gasteiger partial charge in [-0.25, -0.2) is 4.79 Å². The molecule has 4 heteroatoms. The van der Waals surface area contributed by atoms with Crippen molar-refractivity contribution in [2.45, 2.75) is 58.5 Å². The van der Waals surface area contributed by atoms with Crippen molar-refractivity contribution in [3.8, 4) is 0 Å². The molecule has 1 saturated carbocycles. The molecule has 1 aromatic heterocycles. The molecule has 0 bridgehead atoms. The van der Waals surface area contributed by atoms with Crippen molar-refractivity contribution < 1.29 is 14.3 Å². The maximum atomic E-state index is 10.8. The Bertz CT molecular complexity index is 433. The molecule has 4 nitrogen and oxygen atoms in total. The quantitative estimate of drug-likeness (QED) is 0.857. The van der Waals surface area contributed by atoms with Gasteiger partial charge in [0.1, 0.15) is 5.76 Å². The third kappa shape index (κ3) is 3.60. The van der Waals surface area contributed by atoms with Gasteiger partial charge in [0, 0.05) is 18.2 Å². The summed E-state index contributed by atoms with van der Waals surface area (Å²) in [6, 6.07) is 2.10. The van der Waals surface area contributed by atoms with Gasteiger partial charge in [0.15, 0.2) is 0 Å². The second-order valence-corrected chi connectivity index (χ2v) is 5.56. The molecule has 19 heavy (non-hydrogen) atoms. The molecule has 106 valence electrons. The third-order valence-electron chi connectivity index (χ3n) is 4.20. The van der Waals surface area contributed by atoms with E-state index < -0.39 is 5.97 Å². The highest BCUT2D eigenvalue weighted by Crippen LogP contribution is 2.26. The molecule has 0 saturated heterocycles. The van der Waals surface area contributed by atoms with Crippen molar-refractivity contribution in [1.29, 1.82) is 0 Å². The third-order valence-corrected chi connectivity index (χ3v) is 4.20. The molecule has 1 atom stereocenters. The van der Waals surface area contributed by atoms with Crippen LogP contribution in [0.2, 0.25) is 0 Å². The second kappa shape index (κ2) is 6.24. The maximum absolute atomic E-state index is 10.8. The van der Waals surface area contributed by atoms with E-state index in [0.717, 1.165) is 11.5 Å². The predicted molar refractivity (Wildman–Crippen MR) is 73.3 cm³/mol. The summed E-state index contributed by atoms with van der Waals surface area (Å²) in [6.45, 7) is 4.72. The van der Waals surface area contributed by atoms with Crippen LogP contribution in [0.25, 0.3) is 0 Å². The molecule has 0 spiro atoms. The fraction of sp³-hybridized carbons (Fsp3) is 0.667.